The number of nitriles is 1. The normalized spacial score (nSPS) is 11.5. The smallest absolute Gasteiger partial charge is 0.346 e. The lowest BCUT2D eigenvalue weighted by molar-refractivity contribution is -0.132. The first-order valence-electron chi connectivity index (χ1n) is 9.69. The third-order valence-corrected chi connectivity index (χ3v) is 4.93. The predicted molar refractivity (Wildman–Crippen MR) is 113 cm³/mol. The summed E-state index contributed by atoms with van der Waals surface area (Å²) in [4.78, 5) is 11.5. The molecule has 0 radical (unpaired) electrons. The maximum atomic E-state index is 11.5. The van der Waals surface area contributed by atoms with E-state index in [1.54, 1.807) is 0 Å². The van der Waals surface area contributed by atoms with Crippen molar-refractivity contribution in [3.8, 4) is 17.3 Å². The monoisotopic (exact) mass is 372 g/mol. The van der Waals surface area contributed by atoms with Crippen molar-refractivity contribution in [2.75, 3.05) is 0 Å². The zero-order valence-corrected chi connectivity index (χ0v) is 16.1. The molecule has 0 fully saturated rings. The summed E-state index contributed by atoms with van der Waals surface area (Å²) in [6.07, 6.45) is 6.09. The molecule has 3 aromatic rings. The van der Waals surface area contributed by atoms with Crippen molar-refractivity contribution < 1.29 is 9.90 Å². The zero-order chi connectivity index (χ0) is 19.9. The highest BCUT2D eigenvalue weighted by molar-refractivity contribution is 6.04. The summed E-state index contributed by atoms with van der Waals surface area (Å²) in [5, 5.41) is 19.6. The van der Waals surface area contributed by atoms with E-state index in [4.69, 9.17) is 0 Å². The van der Waals surface area contributed by atoms with Crippen LogP contribution in [0.1, 0.15) is 38.2 Å². The topological polar surface area (TPSA) is 66.0 Å². The van der Waals surface area contributed by atoms with E-state index in [1.807, 2.05) is 54.6 Å². The molecule has 0 saturated heterocycles. The van der Waals surface area contributed by atoms with Crippen LogP contribution >= 0.6 is 0 Å². The molecule has 3 rings (SSSR count). The number of unbranched alkanes of at least 4 members (excludes halogenated alkanes) is 3. The second-order valence-corrected chi connectivity index (χ2v) is 6.83. The van der Waals surface area contributed by atoms with Crippen LogP contribution < -0.4 is 0 Å². The number of para-hydroxylation sites is 1. The van der Waals surface area contributed by atoms with Crippen molar-refractivity contribution in [2.24, 2.45) is 0 Å². The third kappa shape index (κ3) is 3.99. The van der Waals surface area contributed by atoms with Crippen molar-refractivity contribution >= 4 is 22.9 Å². The van der Waals surface area contributed by atoms with Crippen LogP contribution in [-0.2, 0) is 11.3 Å². The van der Waals surface area contributed by atoms with Crippen LogP contribution in [0, 0.1) is 11.3 Å². The maximum Gasteiger partial charge on any atom is 0.346 e. The molecule has 0 atom stereocenters. The maximum absolute atomic E-state index is 11.5. The first kappa shape index (κ1) is 19.4. The van der Waals surface area contributed by atoms with Crippen LogP contribution in [0.5, 0.6) is 0 Å². The van der Waals surface area contributed by atoms with Gasteiger partial charge in [0, 0.05) is 23.0 Å². The Bertz CT molecular complexity index is 1040. The van der Waals surface area contributed by atoms with E-state index in [0.717, 1.165) is 47.1 Å². The number of fused-ring (bicyclic) bond motifs is 1. The van der Waals surface area contributed by atoms with Gasteiger partial charge >= 0.3 is 5.97 Å². The number of aryl methyl sites for hydroxylation is 1. The molecule has 0 saturated carbocycles. The van der Waals surface area contributed by atoms with E-state index < -0.39 is 5.97 Å². The lowest BCUT2D eigenvalue weighted by Gasteiger charge is -2.12. The number of nitrogens with zero attached hydrogens (tertiary/aromatic N) is 2. The lowest BCUT2D eigenvalue weighted by Crippen LogP contribution is -2.02. The molecular weight excluding hydrogens is 348 g/mol. The van der Waals surface area contributed by atoms with E-state index >= 15 is 0 Å². The van der Waals surface area contributed by atoms with E-state index in [2.05, 4.69) is 17.6 Å². The molecule has 0 unspecified atom stereocenters. The number of aromatic nitrogens is 1. The van der Waals surface area contributed by atoms with Crippen LogP contribution in [0.4, 0.5) is 0 Å². The van der Waals surface area contributed by atoms with Crippen molar-refractivity contribution in [3.63, 3.8) is 0 Å². The Hall–Kier alpha value is -3.32. The van der Waals surface area contributed by atoms with Crippen LogP contribution in [0.15, 0.2) is 60.2 Å². The van der Waals surface area contributed by atoms with Crippen molar-refractivity contribution in [3.05, 3.63) is 65.7 Å². The summed E-state index contributed by atoms with van der Waals surface area (Å²) >= 11 is 0. The minimum Gasteiger partial charge on any atom is -0.477 e. The van der Waals surface area contributed by atoms with Gasteiger partial charge in [0.1, 0.15) is 11.6 Å². The molecule has 0 amide bonds. The van der Waals surface area contributed by atoms with Crippen molar-refractivity contribution in [1.29, 1.82) is 5.26 Å². The minimum atomic E-state index is -1.21. The molecular formula is C24H24N2O2. The number of aliphatic carboxylic acids is 1. The predicted octanol–water partition coefficient (Wildman–Crippen LogP) is 5.88. The van der Waals surface area contributed by atoms with Gasteiger partial charge in [-0.15, -0.1) is 0 Å². The van der Waals surface area contributed by atoms with Crippen LogP contribution in [0.2, 0.25) is 0 Å². The molecule has 0 aliphatic heterocycles. The average Bonchev–Trinajstić information content (AvgIpc) is 3.03. The molecule has 0 aliphatic rings. The molecule has 0 aliphatic carbocycles. The highest BCUT2D eigenvalue weighted by Gasteiger charge is 2.19. The SMILES string of the molecule is CCCCCCn1c(-c2ccccc2)c(/C=C(\C#N)C(=O)O)c2ccccc21. The number of carboxylic acid groups (broad SMARTS) is 1. The largest absolute Gasteiger partial charge is 0.477 e. The van der Waals surface area contributed by atoms with E-state index in [1.165, 1.54) is 18.9 Å². The molecule has 1 heterocycles. The molecule has 0 spiro atoms. The van der Waals surface area contributed by atoms with Crippen LogP contribution in [-0.4, -0.2) is 15.6 Å². The first-order valence-corrected chi connectivity index (χ1v) is 9.69. The van der Waals surface area contributed by atoms with Crippen LogP contribution in [0.3, 0.4) is 0 Å². The fraction of sp³-hybridized carbons (Fsp3) is 0.250. The highest BCUT2D eigenvalue weighted by atomic mass is 16.4. The van der Waals surface area contributed by atoms with Gasteiger partial charge in [0.25, 0.3) is 0 Å². The summed E-state index contributed by atoms with van der Waals surface area (Å²) in [7, 11) is 0. The van der Waals surface area contributed by atoms with Gasteiger partial charge in [0.05, 0.1) is 5.69 Å². The second-order valence-electron chi connectivity index (χ2n) is 6.83. The standard InChI is InChI=1S/C24H24N2O2/c1-2-3-4-10-15-26-22-14-9-8-13-20(22)21(16-19(17-25)24(27)28)23(26)18-11-6-5-7-12-18/h5-9,11-14,16H,2-4,10,15H2,1H3,(H,27,28)/b19-16+. The van der Waals surface area contributed by atoms with Gasteiger partial charge in [-0.3, -0.25) is 0 Å². The Morgan fingerprint density at radius 2 is 1.79 bits per heavy atom. The van der Waals surface area contributed by atoms with Gasteiger partial charge in [-0.05, 0) is 24.1 Å². The fourth-order valence-corrected chi connectivity index (χ4v) is 3.60. The second kappa shape index (κ2) is 9.05. The van der Waals surface area contributed by atoms with Gasteiger partial charge in [-0.2, -0.15) is 5.26 Å². The Kier molecular flexibility index (Phi) is 6.29. The summed E-state index contributed by atoms with van der Waals surface area (Å²) < 4.78 is 2.27. The lowest BCUT2D eigenvalue weighted by atomic mass is 10.0. The van der Waals surface area contributed by atoms with Gasteiger partial charge in [-0.25, -0.2) is 4.79 Å². The first-order chi connectivity index (χ1) is 13.7. The number of hydrogen-bond acceptors (Lipinski definition) is 2. The van der Waals surface area contributed by atoms with Gasteiger partial charge in [0.15, 0.2) is 0 Å². The third-order valence-electron chi connectivity index (χ3n) is 4.93. The summed E-state index contributed by atoms with van der Waals surface area (Å²) in [5.41, 5.74) is 3.57. The molecule has 4 nitrogen and oxygen atoms in total. The molecule has 2 aromatic carbocycles. The van der Waals surface area contributed by atoms with Crippen molar-refractivity contribution in [2.45, 2.75) is 39.2 Å². The quantitative estimate of drug-likeness (QED) is 0.305. The Labute approximate surface area is 165 Å². The fourth-order valence-electron chi connectivity index (χ4n) is 3.60. The number of hydrogen-bond donors (Lipinski definition) is 1. The molecule has 142 valence electrons. The van der Waals surface area contributed by atoms with Crippen molar-refractivity contribution in [1.82, 2.24) is 4.57 Å². The number of carbonyl (C=O) groups is 1. The summed E-state index contributed by atoms with van der Waals surface area (Å²) in [6, 6.07) is 19.8. The number of rotatable bonds is 8. The molecule has 1 aromatic heterocycles. The Morgan fingerprint density at radius 1 is 1.07 bits per heavy atom. The zero-order valence-electron chi connectivity index (χ0n) is 16.1. The summed E-state index contributed by atoms with van der Waals surface area (Å²) in [6.45, 7) is 3.05. The summed E-state index contributed by atoms with van der Waals surface area (Å²) in [5.74, 6) is -1.21. The van der Waals surface area contributed by atoms with Gasteiger partial charge < -0.3 is 9.67 Å². The Balaban J connectivity index is 2.25. The highest BCUT2D eigenvalue weighted by Crippen LogP contribution is 2.36. The molecule has 0 bridgehead atoms. The van der Waals surface area contributed by atoms with E-state index in [-0.39, 0.29) is 5.57 Å². The molecule has 1 N–H and O–H groups in total. The Morgan fingerprint density at radius 3 is 2.46 bits per heavy atom. The molecule has 4 heteroatoms. The van der Waals surface area contributed by atoms with Gasteiger partial charge in [-0.1, -0.05) is 74.7 Å². The van der Waals surface area contributed by atoms with E-state index in [0.29, 0.717) is 0 Å². The average molecular weight is 372 g/mol. The number of carboxylic acids is 1. The molecule has 28 heavy (non-hydrogen) atoms. The minimum absolute atomic E-state index is 0.258. The van der Waals surface area contributed by atoms with Gasteiger partial charge in [0.2, 0.25) is 0 Å². The van der Waals surface area contributed by atoms with Crippen LogP contribution in [0.25, 0.3) is 28.2 Å². The number of benzene rings is 2. The van der Waals surface area contributed by atoms with E-state index in [9.17, 15) is 15.2 Å².